The zero-order valence-electron chi connectivity index (χ0n) is 17.1. The molecule has 30 heavy (non-hydrogen) atoms. The van der Waals surface area contributed by atoms with Crippen molar-refractivity contribution in [3.05, 3.63) is 59.7 Å². The zero-order chi connectivity index (χ0) is 21.7. The molecule has 0 bridgehead atoms. The molecule has 0 radical (unpaired) electrons. The molecule has 3 N–H and O–H groups in total. The standard InChI is InChI=1S/C23H26N2O5/c1-14(11-21(26)24-15(2)12-22(27)28)25-23(29)30-13-20-18-9-5-3-7-16(18)17-8-4-6-10-19(17)20/h3-10,14-15,20H,11-13H2,1-2H3,(H,24,26)(H,25,29)(H,27,28)/t14-,15-/m0/s1. The Morgan fingerprint density at radius 3 is 2.00 bits per heavy atom. The minimum Gasteiger partial charge on any atom is -0.481 e. The predicted molar refractivity (Wildman–Crippen MR) is 112 cm³/mol. The Morgan fingerprint density at radius 2 is 1.43 bits per heavy atom. The summed E-state index contributed by atoms with van der Waals surface area (Å²) in [4.78, 5) is 34.9. The number of hydrogen-bond acceptors (Lipinski definition) is 4. The molecule has 0 spiro atoms. The van der Waals surface area contributed by atoms with Gasteiger partial charge in [0.25, 0.3) is 0 Å². The number of carboxylic acids is 1. The van der Waals surface area contributed by atoms with Crippen LogP contribution in [0.5, 0.6) is 0 Å². The fourth-order valence-electron chi connectivity index (χ4n) is 3.82. The van der Waals surface area contributed by atoms with Gasteiger partial charge in [-0.1, -0.05) is 48.5 Å². The van der Waals surface area contributed by atoms with Crippen LogP contribution in [0, 0.1) is 0 Å². The second-order valence-corrected chi connectivity index (χ2v) is 7.64. The second-order valence-electron chi connectivity index (χ2n) is 7.64. The van der Waals surface area contributed by atoms with Gasteiger partial charge in [-0.3, -0.25) is 9.59 Å². The van der Waals surface area contributed by atoms with Crippen LogP contribution in [-0.4, -0.2) is 41.8 Å². The molecule has 0 saturated heterocycles. The minimum absolute atomic E-state index is 0.0291. The molecule has 0 aliphatic heterocycles. The third-order valence-corrected chi connectivity index (χ3v) is 5.09. The molecule has 0 heterocycles. The first-order valence-corrected chi connectivity index (χ1v) is 9.97. The fraction of sp³-hybridized carbons (Fsp3) is 0.348. The second kappa shape index (κ2) is 9.43. The van der Waals surface area contributed by atoms with Crippen LogP contribution in [0.25, 0.3) is 11.1 Å². The van der Waals surface area contributed by atoms with Crippen molar-refractivity contribution in [1.82, 2.24) is 10.6 Å². The van der Waals surface area contributed by atoms with E-state index in [4.69, 9.17) is 9.84 Å². The summed E-state index contributed by atoms with van der Waals surface area (Å²) in [5.74, 6) is -1.33. The summed E-state index contributed by atoms with van der Waals surface area (Å²) in [6.07, 6.45) is -0.704. The highest BCUT2D eigenvalue weighted by molar-refractivity contribution is 5.80. The molecular weight excluding hydrogens is 384 g/mol. The van der Waals surface area contributed by atoms with Crippen LogP contribution in [0.1, 0.15) is 43.7 Å². The number of aliphatic carboxylic acids is 1. The molecule has 2 amide bonds. The van der Waals surface area contributed by atoms with E-state index in [1.54, 1.807) is 13.8 Å². The maximum atomic E-state index is 12.2. The number of benzene rings is 2. The first-order chi connectivity index (χ1) is 14.3. The van der Waals surface area contributed by atoms with Crippen molar-refractivity contribution >= 4 is 18.0 Å². The van der Waals surface area contributed by atoms with Crippen molar-refractivity contribution in [1.29, 1.82) is 0 Å². The van der Waals surface area contributed by atoms with Gasteiger partial charge < -0.3 is 20.5 Å². The Balaban J connectivity index is 1.51. The number of nitrogens with one attached hydrogen (secondary N) is 2. The number of alkyl carbamates (subject to hydrolysis) is 1. The summed E-state index contributed by atoms with van der Waals surface area (Å²) in [6, 6.07) is 15.3. The summed E-state index contributed by atoms with van der Waals surface area (Å²) < 4.78 is 5.47. The molecule has 3 rings (SSSR count). The lowest BCUT2D eigenvalue weighted by Crippen LogP contribution is -2.40. The van der Waals surface area contributed by atoms with Crippen molar-refractivity contribution in [2.45, 2.75) is 44.7 Å². The van der Waals surface area contributed by atoms with Crippen LogP contribution in [0.15, 0.2) is 48.5 Å². The molecule has 1 aliphatic rings. The van der Waals surface area contributed by atoms with E-state index >= 15 is 0 Å². The SMILES string of the molecule is C[C@@H](CC(=O)O)NC(=O)C[C@H](C)NC(=O)OCC1c2ccccc2-c2ccccc21. The Labute approximate surface area is 175 Å². The number of carbonyl (C=O) groups excluding carboxylic acids is 2. The third-order valence-electron chi connectivity index (χ3n) is 5.09. The van der Waals surface area contributed by atoms with Gasteiger partial charge in [-0.15, -0.1) is 0 Å². The van der Waals surface area contributed by atoms with Gasteiger partial charge in [-0.05, 0) is 36.1 Å². The molecule has 7 nitrogen and oxygen atoms in total. The van der Waals surface area contributed by atoms with Gasteiger partial charge in [-0.25, -0.2) is 4.79 Å². The van der Waals surface area contributed by atoms with E-state index in [0.29, 0.717) is 0 Å². The zero-order valence-corrected chi connectivity index (χ0v) is 17.1. The van der Waals surface area contributed by atoms with Crippen molar-refractivity contribution in [3.8, 4) is 11.1 Å². The van der Waals surface area contributed by atoms with Crippen LogP contribution in [0.3, 0.4) is 0 Å². The predicted octanol–water partition coefficient (Wildman–Crippen LogP) is 3.28. The van der Waals surface area contributed by atoms with Crippen LogP contribution < -0.4 is 10.6 Å². The summed E-state index contributed by atoms with van der Waals surface area (Å²) in [5.41, 5.74) is 4.57. The van der Waals surface area contributed by atoms with Crippen molar-refractivity contribution in [2.24, 2.45) is 0 Å². The largest absolute Gasteiger partial charge is 0.481 e. The van der Waals surface area contributed by atoms with Crippen molar-refractivity contribution in [2.75, 3.05) is 6.61 Å². The van der Waals surface area contributed by atoms with Gasteiger partial charge >= 0.3 is 12.1 Å². The number of rotatable bonds is 8. The minimum atomic E-state index is -0.979. The maximum absolute atomic E-state index is 12.2. The molecule has 1 aliphatic carbocycles. The van der Waals surface area contributed by atoms with Gasteiger partial charge in [0.05, 0.1) is 6.42 Å². The first kappa shape index (κ1) is 21.4. The molecule has 0 aromatic heterocycles. The van der Waals surface area contributed by atoms with Gasteiger partial charge in [0, 0.05) is 24.4 Å². The Bertz CT molecular complexity index is 897. The molecule has 158 valence electrons. The number of carbonyl (C=O) groups is 3. The molecular formula is C23H26N2O5. The molecule has 0 unspecified atom stereocenters. The van der Waals surface area contributed by atoms with Crippen LogP contribution >= 0.6 is 0 Å². The fourth-order valence-corrected chi connectivity index (χ4v) is 3.82. The van der Waals surface area contributed by atoms with Gasteiger partial charge in [0.1, 0.15) is 6.61 Å². The third kappa shape index (κ3) is 5.17. The maximum Gasteiger partial charge on any atom is 0.407 e. The Kier molecular flexibility index (Phi) is 6.72. The number of ether oxygens (including phenoxy) is 1. The molecule has 2 aromatic carbocycles. The van der Waals surface area contributed by atoms with E-state index < -0.39 is 24.1 Å². The van der Waals surface area contributed by atoms with E-state index in [1.165, 1.54) is 0 Å². The summed E-state index contributed by atoms with van der Waals surface area (Å²) >= 11 is 0. The van der Waals surface area contributed by atoms with Gasteiger partial charge in [0.15, 0.2) is 0 Å². The lowest BCUT2D eigenvalue weighted by Gasteiger charge is -2.18. The van der Waals surface area contributed by atoms with E-state index in [-0.39, 0.29) is 31.3 Å². The van der Waals surface area contributed by atoms with E-state index in [2.05, 4.69) is 22.8 Å². The summed E-state index contributed by atoms with van der Waals surface area (Å²) in [6.45, 7) is 3.52. The average molecular weight is 410 g/mol. The monoisotopic (exact) mass is 410 g/mol. The highest BCUT2D eigenvalue weighted by Gasteiger charge is 2.29. The molecule has 2 atom stereocenters. The lowest BCUT2D eigenvalue weighted by atomic mass is 9.98. The van der Waals surface area contributed by atoms with Crippen LogP contribution in [-0.2, 0) is 14.3 Å². The van der Waals surface area contributed by atoms with E-state index in [1.807, 2.05) is 36.4 Å². The number of carboxylic acid groups (broad SMARTS) is 1. The number of amides is 2. The smallest absolute Gasteiger partial charge is 0.407 e. The van der Waals surface area contributed by atoms with Crippen LogP contribution in [0.4, 0.5) is 4.79 Å². The quantitative estimate of drug-likeness (QED) is 0.619. The number of hydrogen-bond donors (Lipinski definition) is 3. The molecule has 2 aromatic rings. The van der Waals surface area contributed by atoms with Gasteiger partial charge in [-0.2, -0.15) is 0 Å². The molecule has 0 fully saturated rings. The molecule has 0 saturated carbocycles. The summed E-state index contributed by atoms with van der Waals surface area (Å²) in [7, 11) is 0. The topological polar surface area (TPSA) is 105 Å². The molecule has 7 heteroatoms. The average Bonchev–Trinajstić information content (AvgIpc) is 2.99. The Hall–Kier alpha value is -3.35. The van der Waals surface area contributed by atoms with Crippen LogP contribution in [0.2, 0.25) is 0 Å². The highest BCUT2D eigenvalue weighted by Crippen LogP contribution is 2.44. The first-order valence-electron chi connectivity index (χ1n) is 9.97. The van der Waals surface area contributed by atoms with Gasteiger partial charge in [0.2, 0.25) is 5.91 Å². The highest BCUT2D eigenvalue weighted by atomic mass is 16.5. The van der Waals surface area contributed by atoms with Crippen molar-refractivity contribution in [3.63, 3.8) is 0 Å². The number of fused-ring (bicyclic) bond motifs is 3. The van der Waals surface area contributed by atoms with E-state index in [0.717, 1.165) is 22.3 Å². The lowest BCUT2D eigenvalue weighted by molar-refractivity contribution is -0.137. The van der Waals surface area contributed by atoms with E-state index in [9.17, 15) is 14.4 Å². The summed E-state index contributed by atoms with van der Waals surface area (Å²) in [5, 5.41) is 14.0. The normalized spacial score (nSPS) is 14.2. The van der Waals surface area contributed by atoms with Crippen molar-refractivity contribution < 1.29 is 24.2 Å². The Morgan fingerprint density at radius 1 is 0.900 bits per heavy atom.